The Labute approximate surface area is 217 Å². The van der Waals surface area contributed by atoms with Gasteiger partial charge in [-0.3, -0.25) is 14.5 Å². The molecule has 0 aromatic carbocycles. The molecule has 2 aliphatic rings. The number of aromatic nitrogens is 6. The van der Waals surface area contributed by atoms with Crippen LogP contribution < -0.4 is 10.9 Å². The van der Waals surface area contributed by atoms with Crippen LogP contribution in [0.3, 0.4) is 0 Å². The lowest BCUT2D eigenvalue weighted by atomic mass is 10.1. The van der Waals surface area contributed by atoms with Crippen LogP contribution in [0, 0.1) is 0 Å². The number of sulfonamides is 1. The smallest absolute Gasteiger partial charge is 0.269 e. The summed E-state index contributed by atoms with van der Waals surface area (Å²) in [6.07, 6.45) is 4.47. The van der Waals surface area contributed by atoms with Crippen LogP contribution in [0.4, 0.5) is 14.7 Å². The first kappa shape index (κ1) is 26.6. The van der Waals surface area contributed by atoms with E-state index in [0.29, 0.717) is 63.0 Å². The Morgan fingerprint density at radius 2 is 2.00 bits per heavy atom. The van der Waals surface area contributed by atoms with Gasteiger partial charge in [0.2, 0.25) is 16.0 Å². The highest BCUT2D eigenvalue weighted by Gasteiger charge is 2.33. The van der Waals surface area contributed by atoms with Crippen molar-refractivity contribution >= 4 is 27.0 Å². The highest BCUT2D eigenvalue weighted by atomic mass is 32.2. The SMILES string of the molecule is CS(=O)(=O)N1CCC(Nc2ncc3cc(C(F)F)c(=O)n([C@H]4CCC[C@@H]4OCCc4nc[nH]n4)c3n2)CC1. The normalized spacial score (nSPS) is 21.5. The zero-order chi connectivity index (χ0) is 26.9. The fraction of sp³-hybridized carbons (Fsp3) is 0.609. The highest BCUT2D eigenvalue weighted by Crippen LogP contribution is 2.34. The lowest BCUT2D eigenvalue weighted by molar-refractivity contribution is 0.0322. The molecule has 1 aliphatic carbocycles. The van der Waals surface area contributed by atoms with E-state index in [1.165, 1.54) is 27.7 Å². The van der Waals surface area contributed by atoms with Crippen LogP contribution in [0.2, 0.25) is 0 Å². The summed E-state index contributed by atoms with van der Waals surface area (Å²) >= 11 is 0. The second-order valence-electron chi connectivity index (χ2n) is 9.70. The molecule has 4 heterocycles. The summed E-state index contributed by atoms with van der Waals surface area (Å²) in [5.41, 5.74) is -1.12. The number of hydrogen-bond acceptors (Lipinski definition) is 9. The van der Waals surface area contributed by atoms with E-state index >= 15 is 0 Å². The van der Waals surface area contributed by atoms with E-state index in [0.717, 1.165) is 12.5 Å². The van der Waals surface area contributed by atoms with Gasteiger partial charge < -0.3 is 10.1 Å². The molecule has 0 bridgehead atoms. The summed E-state index contributed by atoms with van der Waals surface area (Å²) in [4.78, 5) is 26.3. The number of H-pyrrole nitrogens is 1. The maximum atomic E-state index is 13.8. The van der Waals surface area contributed by atoms with Crippen LogP contribution in [0.5, 0.6) is 0 Å². The lowest BCUT2D eigenvalue weighted by Crippen LogP contribution is -2.42. The van der Waals surface area contributed by atoms with Crippen molar-refractivity contribution in [1.82, 2.24) is 34.0 Å². The number of aromatic amines is 1. The summed E-state index contributed by atoms with van der Waals surface area (Å²) in [5, 5.41) is 10.2. The number of ether oxygens (including phenoxy) is 1. The molecule has 1 aliphatic heterocycles. The molecule has 3 aromatic heterocycles. The van der Waals surface area contributed by atoms with Crippen molar-refractivity contribution in [3.8, 4) is 0 Å². The molecule has 206 valence electrons. The van der Waals surface area contributed by atoms with E-state index in [4.69, 9.17) is 4.74 Å². The molecule has 1 saturated carbocycles. The Hall–Kier alpha value is -3.04. The van der Waals surface area contributed by atoms with Crippen LogP contribution in [-0.4, -0.2) is 80.5 Å². The van der Waals surface area contributed by atoms with E-state index in [1.54, 1.807) is 0 Å². The Morgan fingerprint density at radius 3 is 2.68 bits per heavy atom. The van der Waals surface area contributed by atoms with Gasteiger partial charge in [-0.25, -0.2) is 31.5 Å². The molecule has 38 heavy (non-hydrogen) atoms. The highest BCUT2D eigenvalue weighted by molar-refractivity contribution is 7.88. The van der Waals surface area contributed by atoms with Crippen LogP contribution in [0.25, 0.3) is 11.0 Å². The number of anilines is 1. The standard InChI is InChI=1S/C23H30F2N8O4S/c1-38(35,36)32-8-5-15(6-9-32)29-23-26-12-14-11-16(20(24)25)22(34)33(21(14)30-23)17-3-2-4-18(17)37-10-7-19-27-13-28-31-19/h11-13,15,17-18,20H,2-10H2,1H3,(H,26,29,30)(H,27,28,31)/t17-,18-/m0/s1. The Balaban J connectivity index is 1.41. The molecule has 0 radical (unpaired) electrons. The van der Waals surface area contributed by atoms with Gasteiger partial charge in [-0.15, -0.1) is 0 Å². The largest absolute Gasteiger partial charge is 0.376 e. The summed E-state index contributed by atoms with van der Waals surface area (Å²) in [7, 11) is -3.25. The predicted octanol–water partition coefficient (Wildman–Crippen LogP) is 2.04. The molecular weight excluding hydrogens is 522 g/mol. The molecule has 0 unspecified atom stereocenters. The first-order chi connectivity index (χ1) is 18.2. The lowest BCUT2D eigenvalue weighted by Gasteiger charge is -2.30. The summed E-state index contributed by atoms with van der Waals surface area (Å²) < 4.78 is 60.1. The van der Waals surface area contributed by atoms with Crippen LogP contribution in [-0.2, 0) is 21.2 Å². The third kappa shape index (κ3) is 5.68. The number of hydrogen-bond donors (Lipinski definition) is 2. The van der Waals surface area contributed by atoms with E-state index in [2.05, 4.69) is 30.5 Å². The van der Waals surface area contributed by atoms with Crippen molar-refractivity contribution in [2.75, 3.05) is 31.3 Å². The van der Waals surface area contributed by atoms with E-state index < -0.39 is 33.6 Å². The van der Waals surface area contributed by atoms with Gasteiger partial charge in [0.05, 0.1) is 30.6 Å². The second kappa shape index (κ2) is 11.0. The monoisotopic (exact) mass is 552 g/mol. The van der Waals surface area contributed by atoms with Gasteiger partial charge in [0.1, 0.15) is 12.0 Å². The Kier molecular flexibility index (Phi) is 7.68. The molecule has 15 heteroatoms. The molecule has 3 aromatic rings. The van der Waals surface area contributed by atoms with E-state index in [9.17, 15) is 22.0 Å². The molecule has 2 fully saturated rings. The number of nitrogens with one attached hydrogen (secondary N) is 2. The average molecular weight is 553 g/mol. The van der Waals surface area contributed by atoms with Crippen molar-refractivity contribution in [1.29, 1.82) is 0 Å². The second-order valence-corrected chi connectivity index (χ2v) is 11.7. The average Bonchev–Trinajstić information content (AvgIpc) is 3.56. The maximum absolute atomic E-state index is 13.8. The minimum atomic E-state index is -3.25. The Bertz CT molecular complexity index is 1430. The molecule has 0 spiro atoms. The zero-order valence-corrected chi connectivity index (χ0v) is 21.7. The number of nitrogens with zero attached hydrogens (tertiary/aromatic N) is 6. The topological polar surface area (TPSA) is 148 Å². The number of piperidine rings is 1. The number of halogens is 2. The zero-order valence-electron chi connectivity index (χ0n) is 20.9. The van der Waals surface area contributed by atoms with Gasteiger partial charge in [-0.2, -0.15) is 10.1 Å². The predicted molar refractivity (Wildman–Crippen MR) is 135 cm³/mol. The van der Waals surface area contributed by atoms with Crippen LogP contribution in [0.15, 0.2) is 23.4 Å². The molecule has 0 amide bonds. The van der Waals surface area contributed by atoms with Crippen molar-refractivity contribution in [2.24, 2.45) is 0 Å². The molecule has 2 atom stereocenters. The first-order valence-electron chi connectivity index (χ1n) is 12.6. The molecule has 12 nitrogen and oxygen atoms in total. The van der Waals surface area contributed by atoms with Crippen LogP contribution in [0.1, 0.15) is 56.0 Å². The van der Waals surface area contributed by atoms with Gasteiger partial charge in [0.15, 0.2) is 5.82 Å². The number of alkyl halides is 2. The van der Waals surface area contributed by atoms with E-state index in [-0.39, 0.29) is 23.7 Å². The third-order valence-corrected chi connectivity index (χ3v) is 8.47. The van der Waals surface area contributed by atoms with Gasteiger partial charge in [-0.05, 0) is 38.2 Å². The summed E-state index contributed by atoms with van der Waals surface area (Å²) in [6.45, 7) is 1.08. The fourth-order valence-corrected chi connectivity index (χ4v) is 6.12. The van der Waals surface area contributed by atoms with Crippen molar-refractivity contribution < 1.29 is 21.9 Å². The van der Waals surface area contributed by atoms with Crippen molar-refractivity contribution in [3.05, 3.63) is 40.3 Å². The molecule has 1 saturated heterocycles. The minimum absolute atomic E-state index is 0.0656. The fourth-order valence-electron chi connectivity index (χ4n) is 5.24. The number of fused-ring (bicyclic) bond motifs is 1. The number of pyridine rings is 1. The Morgan fingerprint density at radius 1 is 1.21 bits per heavy atom. The summed E-state index contributed by atoms with van der Waals surface area (Å²) in [6, 6.07) is 0.627. The van der Waals surface area contributed by atoms with Gasteiger partial charge in [0, 0.05) is 37.1 Å². The minimum Gasteiger partial charge on any atom is -0.376 e. The molecular formula is C23H30F2N8O4S. The molecule has 5 rings (SSSR count). The van der Waals surface area contributed by atoms with Gasteiger partial charge in [-0.1, -0.05) is 0 Å². The third-order valence-electron chi connectivity index (χ3n) is 7.16. The number of rotatable bonds is 9. The quantitative estimate of drug-likeness (QED) is 0.407. The van der Waals surface area contributed by atoms with Crippen molar-refractivity contribution in [2.45, 2.75) is 63.1 Å². The maximum Gasteiger partial charge on any atom is 0.269 e. The van der Waals surface area contributed by atoms with Crippen molar-refractivity contribution in [3.63, 3.8) is 0 Å². The van der Waals surface area contributed by atoms with Gasteiger partial charge >= 0.3 is 0 Å². The molecule has 2 N–H and O–H groups in total. The van der Waals surface area contributed by atoms with Gasteiger partial charge in [0.25, 0.3) is 12.0 Å². The van der Waals surface area contributed by atoms with Crippen LogP contribution >= 0.6 is 0 Å². The summed E-state index contributed by atoms with van der Waals surface area (Å²) in [5.74, 6) is 0.862. The first-order valence-corrected chi connectivity index (χ1v) is 14.4. The van der Waals surface area contributed by atoms with E-state index in [1.807, 2.05) is 0 Å².